The Labute approximate surface area is 213 Å². The smallest absolute Gasteiger partial charge is 0.328 e. The van der Waals surface area contributed by atoms with E-state index in [2.05, 4.69) is 16.0 Å². The minimum absolute atomic E-state index is 0.0411. The molecule has 0 bridgehead atoms. The van der Waals surface area contributed by atoms with E-state index in [-0.39, 0.29) is 35.8 Å². The number of nitrogens with two attached hydrogens (primary N) is 1. The fraction of sp³-hybridized carbons (Fsp3) is 0.333. The maximum Gasteiger partial charge on any atom is 0.328 e. The molecule has 0 aliphatic carbocycles. The standard InChI is InChI=1S/C24H29ClN4O7/c25-16-6-8-20(36-11-10-27-13-15-4-2-1-3-5-15)17(12-16)22(32)28-18(7-9-21(26)31)23(33)29-19(14-30)24(34)35/h1-6,8,12,18-19,27,30H,7,9-11,13-14H2,(H2,26,31)(H,28,32)(H,29,33)(H,34,35)/t18-,19-/m0/s1. The van der Waals surface area contributed by atoms with E-state index in [1.54, 1.807) is 6.07 Å². The molecule has 2 atom stereocenters. The lowest BCUT2D eigenvalue weighted by Gasteiger charge is -2.21. The molecular formula is C24H29ClN4O7. The van der Waals surface area contributed by atoms with Crippen molar-refractivity contribution >= 4 is 35.3 Å². The van der Waals surface area contributed by atoms with Crippen molar-refractivity contribution in [2.24, 2.45) is 5.73 Å². The molecule has 12 heteroatoms. The number of amides is 3. The van der Waals surface area contributed by atoms with Crippen molar-refractivity contribution < 1.29 is 34.1 Å². The molecule has 7 N–H and O–H groups in total. The van der Waals surface area contributed by atoms with Gasteiger partial charge >= 0.3 is 5.97 Å². The molecule has 0 aliphatic heterocycles. The van der Waals surface area contributed by atoms with Gasteiger partial charge in [-0.2, -0.15) is 0 Å². The fourth-order valence-electron chi connectivity index (χ4n) is 3.12. The van der Waals surface area contributed by atoms with E-state index in [1.807, 2.05) is 30.3 Å². The molecule has 2 rings (SSSR count). The van der Waals surface area contributed by atoms with Gasteiger partial charge in [-0.25, -0.2) is 4.79 Å². The van der Waals surface area contributed by atoms with Gasteiger partial charge < -0.3 is 36.6 Å². The van der Waals surface area contributed by atoms with Crippen LogP contribution in [0.25, 0.3) is 0 Å². The Bertz CT molecular complexity index is 1050. The molecule has 36 heavy (non-hydrogen) atoms. The maximum absolute atomic E-state index is 13.0. The van der Waals surface area contributed by atoms with Gasteiger partial charge in [0.2, 0.25) is 11.8 Å². The normalized spacial score (nSPS) is 12.3. The van der Waals surface area contributed by atoms with E-state index < -0.39 is 42.4 Å². The zero-order chi connectivity index (χ0) is 26.5. The number of hydrogen-bond acceptors (Lipinski definition) is 7. The van der Waals surface area contributed by atoms with Crippen LogP contribution >= 0.6 is 11.6 Å². The Morgan fingerprint density at radius 3 is 2.39 bits per heavy atom. The molecule has 194 valence electrons. The number of carbonyl (C=O) groups is 4. The SMILES string of the molecule is NC(=O)CC[C@H](NC(=O)c1cc(Cl)ccc1OCCNCc1ccccc1)C(=O)N[C@@H](CO)C(=O)O. The Morgan fingerprint density at radius 2 is 1.75 bits per heavy atom. The van der Waals surface area contributed by atoms with E-state index >= 15 is 0 Å². The van der Waals surface area contributed by atoms with Crippen molar-refractivity contribution in [2.45, 2.75) is 31.5 Å². The van der Waals surface area contributed by atoms with Crippen molar-refractivity contribution in [3.63, 3.8) is 0 Å². The third-order valence-corrected chi connectivity index (χ3v) is 5.23. The Kier molecular flexibility index (Phi) is 11.6. The van der Waals surface area contributed by atoms with Crippen LogP contribution in [-0.4, -0.2) is 65.7 Å². The number of hydrogen-bond donors (Lipinski definition) is 6. The van der Waals surface area contributed by atoms with Gasteiger partial charge in [0.05, 0.1) is 12.2 Å². The Balaban J connectivity index is 2.05. The summed E-state index contributed by atoms with van der Waals surface area (Å²) in [4.78, 5) is 48.0. The average Bonchev–Trinajstić information content (AvgIpc) is 2.85. The number of primary amides is 1. The summed E-state index contributed by atoms with van der Waals surface area (Å²) in [5, 5.41) is 26.3. The predicted octanol–water partition coefficient (Wildman–Crippen LogP) is 0.434. The lowest BCUT2D eigenvalue weighted by molar-refractivity contribution is -0.143. The summed E-state index contributed by atoms with van der Waals surface area (Å²) in [5.74, 6) is -3.59. The van der Waals surface area contributed by atoms with Crippen molar-refractivity contribution in [1.29, 1.82) is 0 Å². The predicted molar refractivity (Wildman–Crippen MR) is 131 cm³/mol. The number of carboxylic acids is 1. The quantitative estimate of drug-likeness (QED) is 0.183. The number of aliphatic hydroxyl groups excluding tert-OH is 1. The van der Waals surface area contributed by atoms with E-state index in [4.69, 9.17) is 32.3 Å². The van der Waals surface area contributed by atoms with Crippen LogP contribution in [-0.2, 0) is 20.9 Å². The minimum Gasteiger partial charge on any atom is -0.491 e. The molecule has 0 radical (unpaired) electrons. The Morgan fingerprint density at radius 1 is 1.03 bits per heavy atom. The highest BCUT2D eigenvalue weighted by molar-refractivity contribution is 6.31. The first-order valence-corrected chi connectivity index (χ1v) is 11.5. The van der Waals surface area contributed by atoms with Crippen molar-refractivity contribution in [3.05, 3.63) is 64.7 Å². The molecule has 11 nitrogen and oxygen atoms in total. The molecular weight excluding hydrogens is 492 g/mol. The summed E-state index contributed by atoms with van der Waals surface area (Å²) in [5.41, 5.74) is 6.31. The van der Waals surface area contributed by atoms with Crippen LogP contribution in [0.4, 0.5) is 0 Å². The van der Waals surface area contributed by atoms with Gasteiger partial charge in [-0.3, -0.25) is 14.4 Å². The molecule has 0 fully saturated rings. The fourth-order valence-corrected chi connectivity index (χ4v) is 3.29. The molecule has 0 saturated carbocycles. The first-order chi connectivity index (χ1) is 17.2. The lowest BCUT2D eigenvalue weighted by Crippen LogP contribution is -2.53. The van der Waals surface area contributed by atoms with E-state index in [0.29, 0.717) is 13.1 Å². The van der Waals surface area contributed by atoms with Crippen LogP contribution in [0.1, 0.15) is 28.8 Å². The van der Waals surface area contributed by atoms with E-state index in [0.717, 1.165) is 5.56 Å². The monoisotopic (exact) mass is 520 g/mol. The number of benzene rings is 2. The van der Waals surface area contributed by atoms with Gasteiger partial charge in [-0.1, -0.05) is 41.9 Å². The molecule has 2 aromatic rings. The Hall–Kier alpha value is -3.67. The second kappa shape index (κ2) is 14.7. The molecule has 2 aromatic carbocycles. The number of nitrogens with one attached hydrogen (secondary N) is 3. The van der Waals surface area contributed by atoms with Gasteiger partial charge in [0, 0.05) is 24.5 Å². The summed E-state index contributed by atoms with van der Waals surface area (Å²) in [7, 11) is 0. The third kappa shape index (κ3) is 9.53. The van der Waals surface area contributed by atoms with E-state index in [1.165, 1.54) is 12.1 Å². The highest BCUT2D eigenvalue weighted by Crippen LogP contribution is 2.23. The highest BCUT2D eigenvalue weighted by Gasteiger charge is 2.27. The van der Waals surface area contributed by atoms with Crippen LogP contribution in [0.15, 0.2) is 48.5 Å². The maximum atomic E-state index is 13.0. The topological polar surface area (TPSA) is 180 Å². The zero-order valence-electron chi connectivity index (χ0n) is 19.4. The second-order valence-electron chi connectivity index (χ2n) is 7.76. The first kappa shape index (κ1) is 28.6. The molecule has 0 saturated heterocycles. The van der Waals surface area contributed by atoms with Crippen molar-refractivity contribution in [3.8, 4) is 5.75 Å². The summed E-state index contributed by atoms with van der Waals surface area (Å²) < 4.78 is 5.74. The van der Waals surface area contributed by atoms with Crippen LogP contribution in [0.5, 0.6) is 5.75 Å². The number of rotatable bonds is 15. The average molecular weight is 521 g/mol. The van der Waals surface area contributed by atoms with Gasteiger partial charge in [0.1, 0.15) is 24.4 Å². The minimum atomic E-state index is -1.58. The molecule has 0 heterocycles. The van der Waals surface area contributed by atoms with Crippen LogP contribution in [0.2, 0.25) is 5.02 Å². The zero-order valence-corrected chi connectivity index (χ0v) is 20.2. The van der Waals surface area contributed by atoms with Crippen molar-refractivity contribution in [1.82, 2.24) is 16.0 Å². The largest absolute Gasteiger partial charge is 0.491 e. The number of ether oxygens (including phenoxy) is 1. The van der Waals surface area contributed by atoms with Gasteiger partial charge in [-0.05, 0) is 30.2 Å². The summed E-state index contributed by atoms with van der Waals surface area (Å²) >= 11 is 6.06. The molecule has 3 amide bonds. The lowest BCUT2D eigenvalue weighted by atomic mass is 10.1. The van der Waals surface area contributed by atoms with Crippen LogP contribution in [0, 0.1) is 0 Å². The first-order valence-electron chi connectivity index (χ1n) is 11.1. The van der Waals surface area contributed by atoms with Gasteiger partial charge in [0.15, 0.2) is 0 Å². The summed E-state index contributed by atoms with van der Waals surface area (Å²) in [6.45, 7) is 0.499. The second-order valence-corrected chi connectivity index (χ2v) is 8.20. The number of carboxylic acid groups (broad SMARTS) is 1. The van der Waals surface area contributed by atoms with Crippen molar-refractivity contribution in [2.75, 3.05) is 19.8 Å². The number of halogens is 1. The summed E-state index contributed by atoms with van der Waals surface area (Å²) in [6.07, 6.45) is -0.438. The molecule has 0 aliphatic rings. The molecule has 0 spiro atoms. The molecule has 0 aromatic heterocycles. The van der Waals surface area contributed by atoms with E-state index in [9.17, 15) is 19.2 Å². The number of aliphatic carboxylic acids is 1. The number of carbonyl (C=O) groups excluding carboxylic acids is 3. The highest BCUT2D eigenvalue weighted by atomic mass is 35.5. The third-order valence-electron chi connectivity index (χ3n) is 4.99. The number of aliphatic hydroxyl groups is 1. The molecule has 0 unspecified atom stereocenters. The van der Waals surface area contributed by atoms with Gasteiger partial charge in [0.25, 0.3) is 5.91 Å². The van der Waals surface area contributed by atoms with Crippen LogP contribution in [0.3, 0.4) is 0 Å². The van der Waals surface area contributed by atoms with Gasteiger partial charge in [-0.15, -0.1) is 0 Å². The summed E-state index contributed by atoms with van der Waals surface area (Å²) in [6, 6.07) is 11.3. The van der Waals surface area contributed by atoms with Crippen LogP contribution < -0.4 is 26.4 Å².